The second-order valence-electron chi connectivity index (χ2n) is 5.72. The number of benzene rings is 1. The van der Waals surface area contributed by atoms with Gasteiger partial charge in [-0.05, 0) is 24.6 Å². The molecule has 1 aromatic rings. The van der Waals surface area contributed by atoms with E-state index in [1.165, 1.54) is 0 Å². The monoisotopic (exact) mass is 444 g/mol. The zero-order valence-corrected chi connectivity index (χ0v) is 15.6. The molecule has 27 heavy (non-hydrogen) atoms. The highest BCUT2D eigenvalue weighted by Crippen LogP contribution is 2.38. The van der Waals surface area contributed by atoms with E-state index in [-0.39, 0.29) is 42.5 Å². The molecule has 1 heterocycles. The number of piperazine rings is 1. The molecule has 1 saturated heterocycles. The third kappa shape index (κ3) is 8.63. The van der Waals surface area contributed by atoms with Gasteiger partial charge < -0.3 is 15.2 Å². The average Bonchev–Trinajstić information content (AvgIpc) is 2.49. The van der Waals surface area contributed by atoms with Crippen LogP contribution >= 0.6 is 24.8 Å². The average molecular weight is 445 g/mol. The Hall–Kier alpha value is -1.10. The summed E-state index contributed by atoms with van der Waals surface area (Å²) in [6.07, 6.45) is -10.8. The van der Waals surface area contributed by atoms with Crippen LogP contribution in [0.25, 0.3) is 0 Å². The lowest BCUT2D eigenvalue weighted by Crippen LogP contribution is -2.45. The minimum atomic E-state index is -4.93. The van der Waals surface area contributed by atoms with Crippen LogP contribution in [0.5, 0.6) is 11.5 Å². The molecule has 12 heteroatoms. The Morgan fingerprint density at radius 1 is 1.07 bits per heavy atom. The van der Waals surface area contributed by atoms with Crippen LogP contribution in [0.2, 0.25) is 0 Å². The first-order valence-electron chi connectivity index (χ1n) is 7.65. The Balaban J connectivity index is 0.00000338. The molecule has 0 saturated carbocycles. The van der Waals surface area contributed by atoms with Gasteiger partial charge in [0.1, 0.15) is 11.5 Å². The quantitative estimate of drug-likeness (QED) is 0.659. The molecule has 1 fully saturated rings. The highest BCUT2D eigenvalue weighted by molar-refractivity contribution is 5.85. The Morgan fingerprint density at radius 2 is 1.67 bits per heavy atom. The number of alkyl halides is 6. The highest BCUT2D eigenvalue weighted by atomic mass is 35.5. The fourth-order valence-electron chi connectivity index (χ4n) is 2.83. The first-order chi connectivity index (χ1) is 11.6. The second-order valence-corrected chi connectivity index (χ2v) is 5.72. The van der Waals surface area contributed by atoms with Gasteiger partial charge in [0.2, 0.25) is 0 Å². The predicted molar refractivity (Wildman–Crippen MR) is 91.8 cm³/mol. The topological polar surface area (TPSA) is 44.7 Å². The molecule has 0 aliphatic carbocycles. The maximum absolute atomic E-state index is 12.6. The van der Waals surface area contributed by atoms with Crippen molar-refractivity contribution < 1.29 is 36.2 Å². The van der Waals surface area contributed by atoms with Crippen LogP contribution in [0.3, 0.4) is 0 Å². The largest absolute Gasteiger partial charge is 0.573 e. The summed E-state index contributed by atoms with van der Waals surface area (Å²) in [5.74, 6) is -0.937. The lowest BCUT2D eigenvalue weighted by Gasteiger charge is -2.35. The molecule has 2 N–H and O–H groups in total. The molecule has 1 aliphatic rings. The third-order valence-corrected chi connectivity index (χ3v) is 3.89. The van der Waals surface area contributed by atoms with Gasteiger partial charge in [-0.2, -0.15) is 13.2 Å². The SMILES string of the molecule is Cl.Cl.Oc1ccc(OC(F)(F)F)cc1[C@H](CCC(F)(F)F)N1CCNCC1. The number of rotatable bonds is 5. The first-order valence-corrected chi connectivity index (χ1v) is 7.65. The predicted octanol–water partition coefficient (Wildman–Crippen LogP) is 4.42. The number of nitrogens with one attached hydrogen (secondary N) is 1. The van der Waals surface area contributed by atoms with Gasteiger partial charge in [0.15, 0.2) is 0 Å². The van der Waals surface area contributed by atoms with Gasteiger partial charge in [-0.25, -0.2) is 0 Å². The summed E-state index contributed by atoms with van der Waals surface area (Å²) in [7, 11) is 0. The van der Waals surface area contributed by atoms with E-state index in [1.807, 2.05) is 0 Å². The van der Waals surface area contributed by atoms with Crippen LogP contribution in [0, 0.1) is 0 Å². The number of nitrogens with zero attached hydrogens (tertiary/aromatic N) is 1. The molecule has 0 bridgehead atoms. The second kappa shape index (κ2) is 10.4. The van der Waals surface area contributed by atoms with Crippen molar-refractivity contribution in [2.75, 3.05) is 26.2 Å². The summed E-state index contributed by atoms with van der Waals surface area (Å²) in [6.45, 7) is 1.93. The van der Waals surface area contributed by atoms with E-state index < -0.39 is 30.8 Å². The summed E-state index contributed by atoms with van der Waals surface area (Å²) in [5, 5.41) is 13.1. The molecule has 158 valence electrons. The van der Waals surface area contributed by atoms with Crippen molar-refractivity contribution in [1.82, 2.24) is 10.2 Å². The first kappa shape index (κ1) is 25.9. The van der Waals surface area contributed by atoms with Gasteiger partial charge in [0.25, 0.3) is 0 Å². The molecule has 4 nitrogen and oxygen atoms in total. The summed E-state index contributed by atoms with van der Waals surface area (Å²) >= 11 is 0. The van der Waals surface area contributed by atoms with Crippen LogP contribution in [0.15, 0.2) is 18.2 Å². The Morgan fingerprint density at radius 3 is 2.19 bits per heavy atom. The van der Waals surface area contributed by atoms with Gasteiger partial charge in [-0.1, -0.05) is 0 Å². The molecule has 0 aromatic heterocycles. The molecule has 1 aromatic carbocycles. The number of phenols is 1. The van der Waals surface area contributed by atoms with E-state index in [0.29, 0.717) is 26.2 Å². The van der Waals surface area contributed by atoms with Crippen molar-refractivity contribution in [1.29, 1.82) is 0 Å². The maximum Gasteiger partial charge on any atom is 0.573 e. The van der Waals surface area contributed by atoms with E-state index in [0.717, 1.165) is 18.2 Å². The molecule has 1 aliphatic heterocycles. The van der Waals surface area contributed by atoms with Gasteiger partial charge in [-0.3, -0.25) is 4.90 Å². The lowest BCUT2D eigenvalue weighted by atomic mass is 9.98. The zero-order valence-electron chi connectivity index (χ0n) is 13.9. The molecule has 0 radical (unpaired) electrons. The third-order valence-electron chi connectivity index (χ3n) is 3.89. The number of hydrogen-bond donors (Lipinski definition) is 2. The molecule has 1 atom stereocenters. The summed E-state index contributed by atoms with van der Waals surface area (Å²) in [5.41, 5.74) is -0.00657. The van der Waals surface area contributed by atoms with Crippen LogP contribution in [-0.4, -0.2) is 48.7 Å². The smallest absolute Gasteiger partial charge is 0.508 e. The number of ether oxygens (including phenoxy) is 1. The van der Waals surface area contributed by atoms with Crippen LogP contribution in [-0.2, 0) is 0 Å². The minimum absolute atomic E-state index is 0. The molecule has 0 unspecified atom stereocenters. The van der Waals surface area contributed by atoms with Crippen LogP contribution in [0.4, 0.5) is 26.3 Å². The van der Waals surface area contributed by atoms with E-state index in [1.54, 1.807) is 4.90 Å². The Labute approximate surface area is 164 Å². The Bertz CT molecular complexity index is 580. The number of halogens is 8. The lowest BCUT2D eigenvalue weighted by molar-refractivity contribution is -0.274. The molecule has 0 spiro atoms. The summed E-state index contributed by atoms with van der Waals surface area (Å²) < 4.78 is 78.9. The standard InChI is InChI=1S/C15H18F6N2O2.2ClH/c16-14(17,18)4-3-12(23-7-5-22-6-8-23)11-9-10(1-2-13(11)24)25-15(19,20)21;;/h1-2,9,12,22,24H,3-8H2;2*1H/t12-;;/m0../s1. The van der Waals surface area contributed by atoms with Crippen LogP contribution in [0.1, 0.15) is 24.4 Å². The highest BCUT2D eigenvalue weighted by Gasteiger charge is 2.34. The normalized spacial score (nSPS) is 16.8. The molecular weight excluding hydrogens is 425 g/mol. The van der Waals surface area contributed by atoms with Crippen molar-refractivity contribution in [3.8, 4) is 11.5 Å². The fourth-order valence-corrected chi connectivity index (χ4v) is 2.83. The molecule has 2 rings (SSSR count). The van der Waals surface area contributed by atoms with Gasteiger partial charge in [0.05, 0.1) is 0 Å². The van der Waals surface area contributed by atoms with Crippen molar-refractivity contribution in [2.45, 2.75) is 31.4 Å². The van der Waals surface area contributed by atoms with E-state index in [4.69, 9.17) is 0 Å². The van der Waals surface area contributed by atoms with E-state index in [9.17, 15) is 31.4 Å². The fraction of sp³-hybridized carbons (Fsp3) is 0.600. The molecular formula is C15H20Cl2F6N2O2. The van der Waals surface area contributed by atoms with Gasteiger partial charge >= 0.3 is 12.5 Å². The van der Waals surface area contributed by atoms with Crippen molar-refractivity contribution >= 4 is 24.8 Å². The van der Waals surface area contributed by atoms with Crippen molar-refractivity contribution in [2.24, 2.45) is 0 Å². The number of hydrogen-bond acceptors (Lipinski definition) is 4. The van der Waals surface area contributed by atoms with Gasteiger partial charge in [0, 0.05) is 44.2 Å². The maximum atomic E-state index is 12.6. The number of phenolic OH excluding ortho intramolecular Hbond substituents is 1. The Kier molecular flexibility index (Phi) is 10.0. The van der Waals surface area contributed by atoms with E-state index in [2.05, 4.69) is 10.1 Å². The van der Waals surface area contributed by atoms with E-state index >= 15 is 0 Å². The minimum Gasteiger partial charge on any atom is -0.508 e. The van der Waals surface area contributed by atoms with Crippen molar-refractivity contribution in [3.63, 3.8) is 0 Å². The number of aromatic hydroxyl groups is 1. The summed E-state index contributed by atoms with van der Waals surface area (Å²) in [6, 6.07) is 2.01. The zero-order chi connectivity index (χ0) is 18.7. The van der Waals surface area contributed by atoms with Crippen LogP contribution < -0.4 is 10.1 Å². The summed E-state index contributed by atoms with van der Waals surface area (Å²) in [4.78, 5) is 1.72. The molecule has 0 amide bonds. The van der Waals surface area contributed by atoms with Crippen molar-refractivity contribution in [3.05, 3.63) is 23.8 Å². The van der Waals surface area contributed by atoms with Gasteiger partial charge in [-0.15, -0.1) is 38.0 Å².